The molecule has 1 saturated heterocycles. The molecule has 2 aromatic rings. The summed E-state index contributed by atoms with van der Waals surface area (Å²) in [4.78, 5) is 28.6. The third-order valence-corrected chi connectivity index (χ3v) is 4.53. The van der Waals surface area contributed by atoms with E-state index in [1.165, 1.54) is 0 Å². The zero-order chi connectivity index (χ0) is 18.8. The minimum Gasteiger partial charge on any atom is -0.325 e. The van der Waals surface area contributed by atoms with E-state index in [0.717, 1.165) is 5.69 Å². The first-order chi connectivity index (χ1) is 12.4. The Kier molecular flexibility index (Phi) is 4.76. The van der Waals surface area contributed by atoms with Gasteiger partial charge in [-0.3, -0.25) is 14.3 Å². The van der Waals surface area contributed by atoms with Crippen LogP contribution in [0.15, 0.2) is 36.7 Å². The van der Waals surface area contributed by atoms with Gasteiger partial charge in [-0.25, -0.2) is 0 Å². The van der Waals surface area contributed by atoms with Gasteiger partial charge in [-0.15, -0.1) is 0 Å². The van der Waals surface area contributed by atoms with Crippen LogP contribution >= 0.6 is 0 Å². The molecule has 0 unspecified atom stereocenters. The molecule has 0 bridgehead atoms. The molecule has 2 amide bonds. The van der Waals surface area contributed by atoms with Crippen LogP contribution in [0, 0.1) is 11.3 Å². The molecule has 1 aliphatic rings. The summed E-state index contributed by atoms with van der Waals surface area (Å²) in [6.07, 6.45) is 3.27. The second-order valence-corrected chi connectivity index (χ2v) is 6.75. The molecule has 1 aliphatic heterocycles. The highest BCUT2D eigenvalue weighted by molar-refractivity contribution is 6.01. The standard InChI is InChI=1S/C19H21N5O2/c1-13(2)24-11-16(9-21-24)19(26)22-12-18(25)23(10-14(22)3)17-6-4-15(8-20)5-7-17/h4-7,9,11,13-14H,10,12H2,1-3H3/t14-/m1/s1. The summed E-state index contributed by atoms with van der Waals surface area (Å²) in [6.45, 7) is 6.34. The molecule has 0 spiro atoms. The lowest BCUT2D eigenvalue weighted by Gasteiger charge is -2.39. The Balaban J connectivity index is 1.76. The quantitative estimate of drug-likeness (QED) is 0.849. The molecule has 1 aromatic heterocycles. The van der Waals surface area contributed by atoms with E-state index in [4.69, 9.17) is 5.26 Å². The molecule has 7 heteroatoms. The smallest absolute Gasteiger partial charge is 0.257 e. The zero-order valence-electron chi connectivity index (χ0n) is 15.1. The molecule has 1 atom stereocenters. The van der Waals surface area contributed by atoms with Crippen molar-refractivity contribution in [2.45, 2.75) is 32.9 Å². The fourth-order valence-electron chi connectivity index (χ4n) is 2.99. The number of anilines is 1. The number of aromatic nitrogens is 2. The Hall–Kier alpha value is -3.14. The van der Waals surface area contributed by atoms with Crippen molar-refractivity contribution in [3.8, 4) is 6.07 Å². The van der Waals surface area contributed by atoms with Crippen LogP contribution < -0.4 is 4.90 Å². The van der Waals surface area contributed by atoms with Gasteiger partial charge in [0.2, 0.25) is 5.91 Å². The molecule has 3 rings (SSSR count). The lowest BCUT2D eigenvalue weighted by atomic mass is 10.1. The summed E-state index contributed by atoms with van der Waals surface area (Å²) >= 11 is 0. The molecule has 2 heterocycles. The Morgan fingerprint density at radius 2 is 2.00 bits per heavy atom. The van der Waals surface area contributed by atoms with Crippen LogP contribution in [-0.4, -0.2) is 45.6 Å². The van der Waals surface area contributed by atoms with Crippen LogP contribution in [0.25, 0.3) is 0 Å². The molecule has 0 radical (unpaired) electrons. The van der Waals surface area contributed by atoms with Gasteiger partial charge in [0.05, 0.1) is 23.4 Å². The summed E-state index contributed by atoms with van der Waals surface area (Å²) in [5, 5.41) is 13.1. The van der Waals surface area contributed by atoms with Gasteiger partial charge in [0.1, 0.15) is 6.54 Å². The molecule has 134 valence electrons. The fraction of sp³-hybridized carbons (Fsp3) is 0.368. The Bertz CT molecular complexity index is 863. The molecule has 7 nitrogen and oxygen atoms in total. The largest absolute Gasteiger partial charge is 0.325 e. The third kappa shape index (κ3) is 3.31. The molecule has 0 saturated carbocycles. The minimum atomic E-state index is -0.183. The third-order valence-electron chi connectivity index (χ3n) is 4.53. The van der Waals surface area contributed by atoms with Crippen molar-refractivity contribution >= 4 is 17.5 Å². The SMILES string of the molecule is CC(C)n1cc(C(=O)N2CC(=O)N(c3ccc(C#N)cc3)C[C@H]2C)cn1. The lowest BCUT2D eigenvalue weighted by Crippen LogP contribution is -2.57. The fourth-order valence-corrected chi connectivity index (χ4v) is 2.99. The zero-order valence-corrected chi connectivity index (χ0v) is 15.1. The monoisotopic (exact) mass is 351 g/mol. The van der Waals surface area contributed by atoms with E-state index >= 15 is 0 Å². The number of rotatable bonds is 3. The van der Waals surface area contributed by atoms with Gasteiger partial charge in [-0.1, -0.05) is 0 Å². The Labute approximate surface area is 152 Å². The second kappa shape index (κ2) is 7.00. The van der Waals surface area contributed by atoms with E-state index in [-0.39, 0.29) is 30.4 Å². The van der Waals surface area contributed by atoms with Gasteiger partial charge >= 0.3 is 0 Å². The van der Waals surface area contributed by atoms with E-state index in [2.05, 4.69) is 11.2 Å². The maximum absolute atomic E-state index is 12.8. The van der Waals surface area contributed by atoms with Crippen LogP contribution in [0.5, 0.6) is 0 Å². The number of carbonyl (C=O) groups excluding carboxylic acids is 2. The topological polar surface area (TPSA) is 82.2 Å². The number of hydrogen-bond acceptors (Lipinski definition) is 4. The van der Waals surface area contributed by atoms with Gasteiger partial charge in [-0.05, 0) is 45.0 Å². The van der Waals surface area contributed by atoms with Gasteiger partial charge in [0, 0.05) is 30.5 Å². The van der Waals surface area contributed by atoms with E-state index in [1.54, 1.807) is 51.1 Å². The van der Waals surface area contributed by atoms with Crippen LogP contribution in [0.4, 0.5) is 5.69 Å². The summed E-state index contributed by atoms with van der Waals surface area (Å²) in [6, 6.07) is 8.99. The number of nitrogens with zero attached hydrogens (tertiary/aromatic N) is 5. The van der Waals surface area contributed by atoms with Gasteiger partial charge in [-0.2, -0.15) is 10.4 Å². The molecule has 0 N–H and O–H groups in total. The van der Waals surface area contributed by atoms with Crippen molar-refractivity contribution in [1.82, 2.24) is 14.7 Å². The van der Waals surface area contributed by atoms with Gasteiger partial charge < -0.3 is 9.80 Å². The maximum Gasteiger partial charge on any atom is 0.257 e. The predicted octanol–water partition coefficient (Wildman–Crippen LogP) is 2.21. The number of piperazine rings is 1. The van der Waals surface area contributed by atoms with Crippen molar-refractivity contribution in [3.05, 3.63) is 47.8 Å². The van der Waals surface area contributed by atoms with E-state index in [0.29, 0.717) is 17.7 Å². The first-order valence-electron chi connectivity index (χ1n) is 8.56. The van der Waals surface area contributed by atoms with Crippen molar-refractivity contribution in [3.63, 3.8) is 0 Å². The highest BCUT2D eigenvalue weighted by Crippen LogP contribution is 2.22. The number of amides is 2. The predicted molar refractivity (Wildman–Crippen MR) is 96.6 cm³/mol. The van der Waals surface area contributed by atoms with Crippen LogP contribution in [0.1, 0.15) is 42.7 Å². The number of carbonyl (C=O) groups is 2. The first kappa shape index (κ1) is 17.7. The average Bonchev–Trinajstić information content (AvgIpc) is 3.13. The average molecular weight is 351 g/mol. The molecule has 1 fully saturated rings. The molecule has 1 aromatic carbocycles. The van der Waals surface area contributed by atoms with Crippen molar-refractivity contribution < 1.29 is 9.59 Å². The first-order valence-corrected chi connectivity index (χ1v) is 8.56. The van der Waals surface area contributed by atoms with Crippen LogP contribution in [0.3, 0.4) is 0 Å². The number of nitriles is 1. The summed E-state index contributed by atoms with van der Waals surface area (Å²) in [7, 11) is 0. The van der Waals surface area contributed by atoms with E-state index in [1.807, 2.05) is 20.8 Å². The Morgan fingerprint density at radius 3 is 2.58 bits per heavy atom. The molecule has 0 aliphatic carbocycles. The summed E-state index contributed by atoms with van der Waals surface area (Å²) in [5.74, 6) is -0.324. The molecular formula is C19H21N5O2. The number of benzene rings is 1. The van der Waals surface area contributed by atoms with Crippen LogP contribution in [0.2, 0.25) is 0 Å². The Morgan fingerprint density at radius 1 is 1.31 bits per heavy atom. The summed E-state index contributed by atoms with van der Waals surface area (Å²) < 4.78 is 1.73. The second-order valence-electron chi connectivity index (χ2n) is 6.75. The van der Waals surface area contributed by atoms with Crippen LogP contribution in [-0.2, 0) is 4.79 Å². The maximum atomic E-state index is 12.8. The van der Waals surface area contributed by atoms with E-state index in [9.17, 15) is 9.59 Å². The normalized spacial score (nSPS) is 17.5. The van der Waals surface area contributed by atoms with Gasteiger partial charge in [0.15, 0.2) is 0 Å². The lowest BCUT2D eigenvalue weighted by molar-refractivity contribution is -0.121. The minimum absolute atomic E-state index is 0.0207. The highest BCUT2D eigenvalue weighted by Gasteiger charge is 2.34. The summed E-state index contributed by atoms with van der Waals surface area (Å²) in [5.41, 5.74) is 1.77. The molecule has 26 heavy (non-hydrogen) atoms. The van der Waals surface area contributed by atoms with E-state index < -0.39 is 0 Å². The highest BCUT2D eigenvalue weighted by atomic mass is 16.2. The van der Waals surface area contributed by atoms with Crippen molar-refractivity contribution in [2.24, 2.45) is 0 Å². The van der Waals surface area contributed by atoms with Gasteiger partial charge in [0.25, 0.3) is 5.91 Å². The number of hydrogen-bond donors (Lipinski definition) is 0. The van der Waals surface area contributed by atoms with Crippen molar-refractivity contribution in [2.75, 3.05) is 18.0 Å². The molecular weight excluding hydrogens is 330 g/mol. The van der Waals surface area contributed by atoms with Crippen molar-refractivity contribution in [1.29, 1.82) is 5.26 Å².